The number of benzene rings is 2. The summed E-state index contributed by atoms with van der Waals surface area (Å²) in [5.41, 5.74) is 0.246. The normalized spacial score (nSPS) is 20.5. The second kappa shape index (κ2) is 8.58. The third kappa shape index (κ3) is 4.80. The van der Waals surface area contributed by atoms with Crippen LogP contribution in [0.3, 0.4) is 0 Å². The maximum absolute atomic E-state index is 13.2. The molecule has 0 aromatic heterocycles. The van der Waals surface area contributed by atoms with Crippen LogP contribution >= 0.6 is 0 Å². The molecule has 1 saturated carbocycles. The van der Waals surface area contributed by atoms with E-state index in [4.69, 9.17) is 0 Å². The van der Waals surface area contributed by atoms with Crippen molar-refractivity contribution < 1.29 is 27.9 Å². The van der Waals surface area contributed by atoms with E-state index in [0.29, 0.717) is 18.5 Å². The Morgan fingerprint density at radius 1 is 1.09 bits per heavy atom. The van der Waals surface area contributed by atoms with E-state index < -0.39 is 29.3 Å². The average molecular weight is 445 g/mol. The van der Waals surface area contributed by atoms with E-state index in [0.717, 1.165) is 43.4 Å². The first-order valence-electron chi connectivity index (χ1n) is 10.7. The molecule has 2 aromatic rings. The van der Waals surface area contributed by atoms with Gasteiger partial charge in [-0.25, -0.2) is 0 Å². The molecule has 5 nitrogen and oxygen atoms in total. The molecule has 1 N–H and O–H groups in total. The molecule has 2 aliphatic rings. The molecule has 0 bridgehead atoms. The monoisotopic (exact) mass is 445 g/mol. The molecule has 1 saturated heterocycles. The van der Waals surface area contributed by atoms with Gasteiger partial charge in [-0.15, -0.1) is 0 Å². The highest BCUT2D eigenvalue weighted by Gasteiger charge is 2.47. The Morgan fingerprint density at radius 3 is 2.44 bits per heavy atom. The van der Waals surface area contributed by atoms with Crippen LogP contribution in [0.2, 0.25) is 0 Å². The summed E-state index contributed by atoms with van der Waals surface area (Å²) in [6.07, 6.45) is -0.486. The SMILES string of the molecule is O=C([O-])c1ccc(C2(NC(=O)[C@H]3CCCCN3Cc3cccc(C(F)(F)F)c3)CC2)cc1. The molecule has 8 heteroatoms. The van der Waals surface area contributed by atoms with E-state index in [-0.39, 0.29) is 18.0 Å². The first-order chi connectivity index (χ1) is 15.2. The van der Waals surface area contributed by atoms with Crippen molar-refractivity contribution in [1.82, 2.24) is 10.2 Å². The first kappa shape index (κ1) is 22.3. The van der Waals surface area contributed by atoms with Crippen molar-refractivity contribution in [2.75, 3.05) is 6.54 Å². The predicted molar refractivity (Wildman–Crippen MR) is 109 cm³/mol. The highest BCUT2D eigenvalue weighted by molar-refractivity contribution is 5.86. The predicted octanol–water partition coefficient (Wildman–Crippen LogP) is 3.23. The maximum atomic E-state index is 13.2. The van der Waals surface area contributed by atoms with Crippen molar-refractivity contribution in [2.24, 2.45) is 0 Å². The van der Waals surface area contributed by atoms with Crippen LogP contribution in [0.4, 0.5) is 13.2 Å². The van der Waals surface area contributed by atoms with Crippen LogP contribution in [0.5, 0.6) is 0 Å². The van der Waals surface area contributed by atoms with E-state index in [1.165, 1.54) is 18.2 Å². The smallest absolute Gasteiger partial charge is 0.416 e. The summed E-state index contributed by atoms with van der Waals surface area (Å²) < 4.78 is 39.2. The fourth-order valence-corrected chi connectivity index (χ4v) is 4.41. The van der Waals surface area contributed by atoms with Crippen LogP contribution < -0.4 is 10.4 Å². The van der Waals surface area contributed by atoms with Gasteiger partial charge < -0.3 is 15.2 Å². The molecule has 0 radical (unpaired) electrons. The Kier molecular flexibility index (Phi) is 5.99. The standard InChI is InChI=1S/C24H25F3N2O3/c25-24(26,27)19-5-3-4-16(14-19)15-29-13-2-1-6-20(29)21(30)28-23(11-12-23)18-9-7-17(8-10-18)22(31)32/h3-5,7-10,14,20H,1-2,6,11-13,15H2,(H,28,30)(H,31,32)/p-1/t20-/m1/s1. The van der Waals surface area contributed by atoms with E-state index in [1.54, 1.807) is 18.2 Å². The number of aromatic carboxylic acids is 1. The molecule has 4 rings (SSSR count). The summed E-state index contributed by atoms with van der Waals surface area (Å²) in [7, 11) is 0. The van der Waals surface area contributed by atoms with E-state index >= 15 is 0 Å². The van der Waals surface area contributed by atoms with Gasteiger partial charge in [0.15, 0.2) is 0 Å². The molecule has 32 heavy (non-hydrogen) atoms. The number of rotatable bonds is 6. The van der Waals surface area contributed by atoms with Crippen molar-refractivity contribution in [3.8, 4) is 0 Å². The second-order valence-electron chi connectivity index (χ2n) is 8.62. The minimum absolute atomic E-state index is 0.0791. The topological polar surface area (TPSA) is 72.5 Å². The molecular formula is C24H24F3N2O3-. The van der Waals surface area contributed by atoms with Gasteiger partial charge in [0.25, 0.3) is 0 Å². The van der Waals surface area contributed by atoms with Crippen LogP contribution in [0, 0.1) is 0 Å². The molecule has 1 amide bonds. The van der Waals surface area contributed by atoms with E-state index in [9.17, 15) is 27.9 Å². The van der Waals surface area contributed by atoms with Gasteiger partial charge in [0.05, 0.1) is 23.1 Å². The first-order valence-corrected chi connectivity index (χ1v) is 10.7. The number of carbonyl (C=O) groups is 2. The molecule has 1 aliphatic carbocycles. The van der Waals surface area contributed by atoms with Gasteiger partial charge in [-0.05, 0) is 55.0 Å². The van der Waals surface area contributed by atoms with Gasteiger partial charge in [0.2, 0.25) is 5.91 Å². The Balaban J connectivity index is 1.47. The lowest BCUT2D eigenvalue weighted by molar-refractivity contribution is -0.255. The highest BCUT2D eigenvalue weighted by atomic mass is 19.4. The number of nitrogens with one attached hydrogen (secondary N) is 1. The summed E-state index contributed by atoms with van der Waals surface area (Å²) in [4.78, 5) is 26.1. The van der Waals surface area contributed by atoms with Gasteiger partial charge in [-0.2, -0.15) is 13.2 Å². The van der Waals surface area contributed by atoms with E-state index in [1.807, 2.05) is 4.90 Å². The Morgan fingerprint density at radius 2 is 1.81 bits per heavy atom. The summed E-state index contributed by atoms with van der Waals surface area (Å²) in [6.45, 7) is 0.914. The van der Waals surface area contributed by atoms with Crippen LogP contribution in [-0.4, -0.2) is 29.4 Å². The zero-order valence-electron chi connectivity index (χ0n) is 17.5. The minimum Gasteiger partial charge on any atom is -0.545 e. The van der Waals surface area contributed by atoms with Gasteiger partial charge >= 0.3 is 6.18 Å². The summed E-state index contributed by atoms with van der Waals surface area (Å²) >= 11 is 0. The lowest BCUT2D eigenvalue weighted by atomic mass is 9.98. The number of amides is 1. The third-order valence-electron chi connectivity index (χ3n) is 6.34. The van der Waals surface area contributed by atoms with Crippen molar-refractivity contribution >= 4 is 11.9 Å². The largest absolute Gasteiger partial charge is 0.545 e. The number of hydrogen-bond acceptors (Lipinski definition) is 4. The van der Waals surface area contributed by atoms with Crippen molar-refractivity contribution in [1.29, 1.82) is 0 Å². The molecule has 1 atom stereocenters. The summed E-state index contributed by atoms with van der Waals surface area (Å²) in [5, 5.41) is 14.1. The number of carboxylic acids is 1. The molecule has 2 aromatic carbocycles. The highest BCUT2D eigenvalue weighted by Crippen LogP contribution is 2.45. The van der Waals surface area contributed by atoms with Crippen molar-refractivity contribution in [3.05, 3.63) is 70.8 Å². The van der Waals surface area contributed by atoms with Crippen LogP contribution in [0.25, 0.3) is 0 Å². The molecule has 2 fully saturated rings. The Hall–Kier alpha value is -2.87. The fraction of sp³-hybridized carbons (Fsp3) is 0.417. The minimum atomic E-state index is -4.40. The van der Waals surface area contributed by atoms with Crippen LogP contribution in [0.15, 0.2) is 48.5 Å². The average Bonchev–Trinajstić information content (AvgIpc) is 3.54. The second-order valence-corrected chi connectivity index (χ2v) is 8.62. The third-order valence-corrected chi connectivity index (χ3v) is 6.34. The lowest BCUT2D eigenvalue weighted by Crippen LogP contribution is -2.51. The summed E-state index contributed by atoms with van der Waals surface area (Å²) in [5.74, 6) is -1.39. The number of likely N-dealkylation sites (tertiary alicyclic amines) is 1. The van der Waals surface area contributed by atoms with Gasteiger partial charge in [0, 0.05) is 6.54 Å². The molecule has 0 spiro atoms. The molecule has 0 unspecified atom stereocenters. The Labute approximate surface area is 184 Å². The lowest BCUT2D eigenvalue weighted by Gasteiger charge is -2.36. The van der Waals surface area contributed by atoms with Crippen molar-refractivity contribution in [2.45, 2.75) is 56.4 Å². The Bertz CT molecular complexity index is 1000. The number of piperidine rings is 1. The van der Waals surface area contributed by atoms with Gasteiger partial charge in [-0.1, -0.05) is 48.9 Å². The molecule has 170 valence electrons. The van der Waals surface area contributed by atoms with E-state index in [2.05, 4.69) is 5.32 Å². The maximum Gasteiger partial charge on any atom is 0.416 e. The number of hydrogen-bond donors (Lipinski definition) is 1. The van der Waals surface area contributed by atoms with Crippen molar-refractivity contribution in [3.63, 3.8) is 0 Å². The van der Waals surface area contributed by atoms with Gasteiger partial charge in [0.1, 0.15) is 0 Å². The molecule has 1 aliphatic heterocycles. The molecule has 1 heterocycles. The van der Waals surface area contributed by atoms with Gasteiger partial charge in [-0.3, -0.25) is 9.69 Å². The number of carboxylic acid groups (broad SMARTS) is 1. The number of alkyl halides is 3. The fourth-order valence-electron chi connectivity index (χ4n) is 4.41. The van der Waals surface area contributed by atoms with Crippen LogP contribution in [0.1, 0.15) is 59.2 Å². The number of halogens is 3. The zero-order valence-corrected chi connectivity index (χ0v) is 17.5. The summed E-state index contributed by atoms with van der Waals surface area (Å²) in [6, 6.07) is 11.1. The number of nitrogens with zero attached hydrogens (tertiary/aromatic N) is 1. The zero-order chi connectivity index (χ0) is 22.9. The number of carbonyl (C=O) groups excluding carboxylic acids is 2. The van der Waals surface area contributed by atoms with Crippen LogP contribution in [-0.2, 0) is 23.1 Å². The molecular weight excluding hydrogens is 421 g/mol. The quantitative estimate of drug-likeness (QED) is 0.741.